The van der Waals surface area contributed by atoms with Crippen molar-refractivity contribution in [1.82, 2.24) is 20.1 Å². The minimum Gasteiger partial charge on any atom is -0.317 e. The molecule has 0 aliphatic heterocycles. The number of rotatable bonds is 5. The van der Waals surface area contributed by atoms with E-state index in [-0.39, 0.29) is 0 Å². The molecule has 2 unspecified atom stereocenters. The Kier molecular flexibility index (Phi) is 4.54. The highest BCUT2D eigenvalue weighted by atomic mass is 15.3. The summed E-state index contributed by atoms with van der Waals surface area (Å²) in [6, 6.07) is 0. The molecule has 2 rings (SSSR count). The highest BCUT2D eigenvalue weighted by molar-refractivity contribution is 4.85. The lowest BCUT2D eigenvalue weighted by atomic mass is 9.82. The van der Waals surface area contributed by atoms with Crippen molar-refractivity contribution in [2.45, 2.75) is 52.6 Å². The zero-order valence-corrected chi connectivity index (χ0v) is 11.0. The van der Waals surface area contributed by atoms with E-state index >= 15 is 0 Å². The molecule has 4 nitrogen and oxygen atoms in total. The van der Waals surface area contributed by atoms with Gasteiger partial charge >= 0.3 is 0 Å². The molecule has 1 aliphatic rings. The van der Waals surface area contributed by atoms with Crippen molar-refractivity contribution in [2.75, 3.05) is 6.54 Å². The Morgan fingerprint density at radius 3 is 3.12 bits per heavy atom. The molecule has 4 heteroatoms. The Morgan fingerprint density at radius 2 is 2.35 bits per heavy atom. The lowest BCUT2D eigenvalue weighted by molar-refractivity contribution is 0.273. The van der Waals surface area contributed by atoms with Crippen LogP contribution in [0.5, 0.6) is 0 Å². The van der Waals surface area contributed by atoms with E-state index in [0.717, 1.165) is 37.3 Å². The average molecular weight is 236 g/mol. The molecule has 0 radical (unpaired) electrons. The summed E-state index contributed by atoms with van der Waals surface area (Å²) in [6.07, 6.45) is 7.39. The third-order valence-electron chi connectivity index (χ3n) is 3.80. The molecule has 1 saturated carbocycles. The SMILES string of the molecule is CCn1cnnc1CNCC1CCCC(C)C1. The van der Waals surface area contributed by atoms with E-state index < -0.39 is 0 Å². The van der Waals surface area contributed by atoms with Crippen molar-refractivity contribution in [3.05, 3.63) is 12.2 Å². The van der Waals surface area contributed by atoms with Crippen molar-refractivity contribution in [1.29, 1.82) is 0 Å². The third kappa shape index (κ3) is 3.53. The number of nitrogens with zero attached hydrogens (tertiary/aromatic N) is 3. The molecule has 0 amide bonds. The third-order valence-corrected chi connectivity index (χ3v) is 3.80. The predicted molar refractivity (Wildman–Crippen MR) is 68.5 cm³/mol. The average Bonchev–Trinajstić information content (AvgIpc) is 2.77. The Balaban J connectivity index is 1.72. The molecule has 1 N–H and O–H groups in total. The summed E-state index contributed by atoms with van der Waals surface area (Å²) in [7, 11) is 0. The molecule has 0 bridgehead atoms. The van der Waals surface area contributed by atoms with Gasteiger partial charge in [-0.15, -0.1) is 10.2 Å². The smallest absolute Gasteiger partial charge is 0.146 e. The molecule has 0 spiro atoms. The standard InChI is InChI=1S/C13H24N4/c1-3-17-10-15-16-13(17)9-14-8-12-6-4-5-11(2)7-12/h10-12,14H,3-9H2,1-2H3. The molecule has 1 aliphatic carbocycles. The normalized spacial score (nSPS) is 25.1. The van der Waals surface area contributed by atoms with Crippen LogP contribution in [0, 0.1) is 11.8 Å². The molecule has 96 valence electrons. The maximum atomic E-state index is 4.14. The van der Waals surface area contributed by atoms with Gasteiger partial charge in [-0.1, -0.05) is 19.8 Å². The topological polar surface area (TPSA) is 42.7 Å². The summed E-state index contributed by atoms with van der Waals surface area (Å²) in [4.78, 5) is 0. The van der Waals surface area contributed by atoms with Crippen LogP contribution in [0.15, 0.2) is 6.33 Å². The first kappa shape index (κ1) is 12.6. The van der Waals surface area contributed by atoms with Crippen LogP contribution < -0.4 is 5.32 Å². The molecule has 0 aromatic carbocycles. The van der Waals surface area contributed by atoms with Crippen LogP contribution in [0.2, 0.25) is 0 Å². The maximum absolute atomic E-state index is 4.14. The number of hydrogen-bond acceptors (Lipinski definition) is 3. The van der Waals surface area contributed by atoms with Gasteiger partial charge in [0.2, 0.25) is 0 Å². The van der Waals surface area contributed by atoms with Gasteiger partial charge in [0.25, 0.3) is 0 Å². The molecule has 1 aromatic rings. The van der Waals surface area contributed by atoms with E-state index in [4.69, 9.17) is 0 Å². The van der Waals surface area contributed by atoms with E-state index in [1.54, 1.807) is 6.33 Å². The van der Waals surface area contributed by atoms with Crippen molar-refractivity contribution >= 4 is 0 Å². The summed E-state index contributed by atoms with van der Waals surface area (Å²) in [5.74, 6) is 2.82. The largest absolute Gasteiger partial charge is 0.317 e. The Hall–Kier alpha value is -0.900. The monoisotopic (exact) mass is 236 g/mol. The van der Waals surface area contributed by atoms with Gasteiger partial charge in [-0.25, -0.2) is 0 Å². The van der Waals surface area contributed by atoms with Crippen LogP contribution in [0.25, 0.3) is 0 Å². The lowest BCUT2D eigenvalue weighted by Crippen LogP contribution is -2.27. The first-order valence-corrected chi connectivity index (χ1v) is 6.87. The van der Waals surface area contributed by atoms with Gasteiger partial charge in [-0.05, 0) is 38.1 Å². The van der Waals surface area contributed by atoms with E-state index in [1.807, 2.05) is 0 Å². The van der Waals surface area contributed by atoms with E-state index in [9.17, 15) is 0 Å². The number of hydrogen-bond donors (Lipinski definition) is 1. The van der Waals surface area contributed by atoms with Crippen molar-refractivity contribution in [2.24, 2.45) is 11.8 Å². The number of aryl methyl sites for hydroxylation is 1. The summed E-state index contributed by atoms with van der Waals surface area (Å²) < 4.78 is 2.09. The fraction of sp³-hybridized carbons (Fsp3) is 0.846. The summed E-state index contributed by atoms with van der Waals surface area (Å²) in [5.41, 5.74) is 0. The minimum absolute atomic E-state index is 0.846. The Bertz CT molecular complexity index is 334. The van der Waals surface area contributed by atoms with E-state index in [0.29, 0.717) is 0 Å². The molecule has 0 saturated heterocycles. The fourth-order valence-corrected chi connectivity index (χ4v) is 2.81. The molecule has 17 heavy (non-hydrogen) atoms. The van der Waals surface area contributed by atoms with Crippen LogP contribution in [0.1, 0.15) is 45.4 Å². The van der Waals surface area contributed by atoms with Crippen molar-refractivity contribution in [3.8, 4) is 0 Å². The zero-order chi connectivity index (χ0) is 12.1. The van der Waals surface area contributed by atoms with Gasteiger partial charge in [-0.2, -0.15) is 0 Å². The van der Waals surface area contributed by atoms with Gasteiger partial charge in [0.05, 0.1) is 6.54 Å². The molecule has 1 heterocycles. The second kappa shape index (κ2) is 6.15. The Morgan fingerprint density at radius 1 is 1.47 bits per heavy atom. The van der Waals surface area contributed by atoms with Crippen LogP contribution in [0.4, 0.5) is 0 Å². The highest BCUT2D eigenvalue weighted by Crippen LogP contribution is 2.27. The molecular weight excluding hydrogens is 212 g/mol. The first-order chi connectivity index (χ1) is 8.29. The second-order valence-electron chi connectivity index (χ2n) is 5.30. The van der Waals surface area contributed by atoms with E-state index in [2.05, 4.69) is 33.9 Å². The molecule has 2 atom stereocenters. The second-order valence-corrected chi connectivity index (χ2v) is 5.30. The quantitative estimate of drug-likeness (QED) is 0.852. The molecule has 1 aromatic heterocycles. The fourth-order valence-electron chi connectivity index (χ4n) is 2.81. The molecule has 1 fully saturated rings. The van der Waals surface area contributed by atoms with Crippen LogP contribution in [0.3, 0.4) is 0 Å². The van der Waals surface area contributed by atoms with Crippen molar-refractivity contribution < 1.29 is 0 Å². The minimum atomic E-state index is 0.846. The maximum Gasteiger partial charge on any atom is 0.146 e. The van der Waals surface area contributed by atoms with E-state index in [1.165, 1.54) is 25.7 Å². The van der Waals surface area contributed by atoms with Crippen molar-refractivity contribution in [3.63, 3.8) is 0 Å². The van der Waals surface area contributed by atoms with Gasteiger partial charge in [0.15, 0.2) is 0 Å². The highest BCUT2D eigenvalue weighted by Gasteiger charge is 2.18. The first-order valence-electron chi connectivity index (χ1n) is 6.87. The Labute approximate surface area is 104 Å². The lowest BCUT2D eigenvalue weighted by Gasteiger charge is -2.26. The predicted octanol–water partition coefficient (Wildman–Crippen LogP) is 2.21. The van der Waals surface area contributed by atoms with Gasteiger partial charge in [-0.3, -0.25) is 0 Å². The van der Waals surface area contributed by atoms with Crippen LogP contribution in [-0.2, 0) is 13.1 Å². The summed E-state index contributed by atoms with van der Waals surface area (Å²) in [6.45, 7) is 7.42. The van der Waals surface area contributed by atoms with Gasteiger partial charge < -0.3 is 9.88 Å². The number of nitrogens with one attached hydrogen (secondary N) is 1. The summed E-state index contributed by atoms with van der Waals surface area (Å²) in [5, 5.41) is 11.6. The molecular formula is C13H24N4. The van der Waals surface area contributed by atoms with Gasteiger partial charge in [0, 0.05) is 6.54 Å². The zero-order valence-electron chi connectivity index (χ0n) is 11.0. The van der Waals surface area contributed by atoms with Crippen LogP contribution in [-0.4, -0.2) is 21.3 Å². The number of aromatic nitrogens is 3. The van der Waals surface area contributed by atoms with Crippen LogP contribution >= 0.6 is 0 Å². The summed E-state index contributed by atoms with van der Waals surface area (Å²) >= 11 is 0. The van der Waals surface area contributed by atoms with Gasteiger partial charge in [0.1, 0.15) is 12.2 Å².